The molecule has 14 nitrogen and oxygen atoms in total. The highest BCUT2D eigenvalue weighted by atomic mass is 19.3. The van der Waals surface area contributed by atoms with Crippen molar-refractivity contribution in [2.45, 2.75) is 38.7 Å². The van der Waals surface area contributed by atoms with Gasteiger partial charge in [0.2, 0.25) is 12.8 Å². The number of nitrogens with one attached hydrogen (secondary N) is 1. The lowest BCUT2D eigenvalue weighted by Gasteiger charge is -2.44. The monoisotopic (exact) mass is 650 g/mol. The molecular weight excluding hydrogens is 617 g/mol. The molecule has 2 saturated heterocycles. The van der Waals surface area contributed by atoms with Gasteiger partial charge in [0.15, 0.2) is 11.5 Å². The molecule has 1 unspecified atom stereocenters. The number of hydrogen-bond acceptors (Lipinski definition) is 10. The first kappa shape index (κ1) is 30.7. The van der Waals surface area contributed by atoms with E-state index in [0.717, 1.165) is 32.7 Å². The Morgan fingerprint density at radius 3 is 2.74 bits per heavy atom. The van der Waals surface area contributed by atoms with Crippen LogP contribution in [0.15, 0.2) is 49.1 Å². The van der Waals surface area contributed by atoms with Crippen LogP contribution in [0.2, 0.25) is 0 Å². The Bertz CT molecular complexity index is 1880. The van der Waals surface area contributed by atoms with Gasteiger partial charge in [0, 0.05) is 70.2 Å². The van der Waals surface area contributed by atoms with Crippen molar-refractivity contribution in [1.29, 1.82) is 0 Å². The van der Waals surface area contributed by atoms with Crippen LogP contribution >= 0.6 is 0 Å². The van der Waals surface area contributed by atoms with Gasteiger partial charge in [-0.1, -0.05) is 6.07 Å². The number of tetrazole rings is 1. The lowest BCUT2D eigenvalue weighted by atomic mass is 9.98. The third kappa shape index (κ3) is 6.66. The van der Waals surface area contributed by atoms with Crippen LogP contribution in [-0.2, 0) is 13.0 Å². The Kier molecular flexibility index (Phi) is 8.31. The molecule has 6 heterocycles. The Morgan fingerprint density at radius 1 is 1.15 bits per heavy atom. The molecule has 0 spiro atoms. The van der Waals surface area contributed by atoms with Gasteiger partial charge in [0.1, 0.15) is 23.6 Å². The SMILES string of the molecule is CC(F)Oc1ccc(CC(F)F)c(-c2nn(Cc3nnn(C4CN(CC5CN(C)C5)C4)n3)cc2NC(=O)c2cnn3cccnc23)c1. The van der Waals surface area contributed by atoms with Gasteiger partial charge in [-0.3, -0.25) is 14.4 Å². The standard InChI is InChI=1S/C30H33F3N12O2/c1-18(31)47-22-5-4-20(8-26(32)33)23(9-22)28-25(36-30(46)24-10-35-44-7-3-6-34-29(24)44)16-43(39-28)17-27-37-40-45(38-27)21-14-42(15-21)13-19-11-41(2)12-19/h3-7,9-10,16,18-19,21,26H,8,11-15,17H2,1-2H3,(H,36,46). The number of aromatic nitrogens is 9. The summed E-state index contributed by atoms with van der Waals surface area (Å²) in [5.74, 6) is 0.669. The molecule has 1 aromatic carbocycles. The maximum Gasteiger partial charge on any atom is 0.261 e. The summed E-state index contributed by atoms with van der Waals surface area (Å²) < 4.78 is 49.2. The van der Waals surface area contributed by atoms with Crippen LogP contribution in [0.5, 0.6) is 5.75 Å². The normalized spacial score (nSPS) is 16.8. The number of likely N-dealkylation sites (tertiary alicyclic amines) is 2. The molecule has 47 heavy (non-hydrogen) atoms. The number of hydrogen-bond donors (Lipinski definition) is 1. The summed E-state index contributed by atoms with van der Waals surface area (Å²) in [6, 6.07) is 6.10. The summed E-state index contributed by atoms with van der Waals surface area (Å²) >= 11 is 0. The number of anilines is 1. The number of halogens is 3. The van der Waals surface area contributed by atoms with E-state index in [2.05, 4.69) is 52.8 Å². The van der Waals surface area contributed by atoms with Gasteiger partial charge in [0.25, 0.3) is 5.91 Å². The second-order valence-corrected chi connectivity index (χ2v) is 12.0. The fourth-order valence-electron chi connectivity index (χ4n) is 6.12. The van der Waals surface area contributed by atoms with Gasteiger partial charge >= 0.3 is 0 Å². The van der Waals surface area contributed by atoms with E-state index in [0.29, 0.717) is 17.4 Å². The van der Waals surface area contributed by atoms with Gasteiger partial charge in [-0.25, -0.2) is 22.7 Å². The second kappa shape index (κ2) is 12.7. The van der Waals surface area contributed by atoms with Gasteiger partial charge in [-0.05, 0) is 41.9 Å². The topological polar surface area (TPSA) is 136 Å². The van der Waals surface area contributed by atoms with Gasteiger partial charge in [-0.15, -0.1) is 10.2 Å². The molecule has 1 N–H and O–H groups in total. The highest BCUT2D eigenvalue weighted by molar-refractivity contribution is 6.09. The molecule has 0 radical (unpaired) electrons. The van der Waals surface area contributed by atoms with Crippen molar-refractivity contribution in [2.75, 3.05) is 45.1 Å². The molecule has 0 saturated carbocycles. The number of amides is 1. The number of rotatable bonds is 12. The summed E-state index contributed by atoms with van der Waals surface area (Å²) in [5, 5.41) is 24.7. The summed E-state index contributed by atoms with van der Waals surface area (Å²) in [6.45, 7) is 6.29. The lowest BCUT2D eigenvalue weighted by Crippen LogP contribution is -2.55. The Balaban J connectivity index is 1.16. The minimum absolute atomic E-state index is 0.0911. The molecule has 7 rings (SSSR count). The number of alkyl halides is 3. The van der Waals surface area contributed by atoms with E-state index in [-0.39, 0.29) is 46.4 Å². The highest BCUT2D eigenvalue weighted by Crippen LogP contribution is 2.34. The van der Waals surface area contributed by atoms with E-state index in [9.17, 15) is 18.0 Å². The van der Waals surface area contributed by atoms with Gasteiger partial charge in [-0.2, -0.15) is 15.0 Å². The maximum absolute atomic E-state index is 13.8. The third-order valence-electron chi connectivity index (χ3n) is 8.24. The molecule has 2 fully saturated rings. The van der Waals surface area contributed by atoms with Crippen LogP contribution in [0.3, 0.4) is 0 Å². The molecule has 1 atom stereocenters. The first-order valence-corrected chi connectivity index (χ1v) is 15.3. The number of benzene rings is 1. The number of ether oxygens (including phenoxy) is 1. The number of nitrogens with zero attached hydrogens (tertiary/aromatic N) is 11. The van der Waals surface area contributed by atoms with E-state index in [1.165, 1.54) is 40.5 Å². The lowest BCUT2D eigenvalue weighted by molar-refractivity contribution is 0.0283. The van der Waals surface area contributed by atoms with Crippen molar-refractivity contribution in [2.24, 2.45) is 5.92 Å². The Hall–Kier alpha value is -4.90. The maximum atomic E-state index is 13.8. The first-order chi connectivity index (χ1) is 22.7. The summed E-state index contributed by atoms with van der Waals surface area (Å²) in [5.41, 5.74) is 1.42. The first-order valence-electron chi connectivity index (χ1n) is 15.3. The highest BCUT2D eigenvalue weighted by Gasteiger charge is 2.34. The molecule has 0 aliphatic carbocycles. The fraction of sp³-hybridized carbons (Fsp3) is 0.433. The number of carbonyl (C=O) groups is 1. The third-order valence-corrected chi connectivity index (χ3v) is 8.24. The van der Waals surface area contributed by atoms with Crippen molar-refractivity contribution >= 4 is 17.2 Å². The van der Waals surface area contributed by atoms with Crippen LogP contribution in [0.25, 0.3) is 16.9 Å². The van der Waals surface area contributed by atoms with Crippen LogP contribution in [-0.4, -0.2) is 113 Å². The van der Waals surface area contributed by atoms with E-state index in [4.69, 9.17) is 4.74 Å². The van der Waals surface area contributed by atoms with Crippen molar-refractivity contribution in [3.63, 3.8) is 0 Å². The molecule has 17 heteroatoms. The fourth-order valence-corrected chi connectivity index (χ4v) is 6.12. The quantitative estimate of drug-likeness (QED) is 0.215. The molecule has 2 aliphatic heterocycles. The minimum Gasteiger partial charge on any atom is -0.461 e. The molecule has 0 bridgehead atoms. The summed E-state index contributed by atoms with van der Waals surface area (Å²) in [4.78, 5) is 24.0. The van der Waals surface area contributed by atoms with Crippen molar-refractivity contribution < 1.29 is 22.7 Å². The molecule has 246 valence electrons. The zero-order chi connectivity index (χ0) is 32.7. The molecule has 2 aliphatic rings. The predicted octanol–water partition coefficient (Wildman–Crippen LogP) is 2.80. The second-order valence-electron chi connectivity index (χ2n) is 12.0. The summed E-state index contributed by atoms with van der Waals surface area (Å²) in [6.07, 6.45) is 1.25. The van der Waals surface area contributed by atoms with Crippen LogP contribution < -0.4 is 10.1 Å². The van der Waals surface area contributed by atoms with Crippen molar-refractivity contribution in [1.82, 2.24) is 54.4 Å². The minimum atomic E-state index is -2.66. The van der Waals surface area contributed by atoms with Gasteiger partial charge < -0.3 is 15.0 Å². The molecular formula is C30H33F3N12O2. The number of fused-ring (bicyclic) bond motifs is 1. The van der Waals surface area contributed by atoms with Gasteiger partial charge in [0.05, 0.1) is 17.9 Å². The predicted molar refractivity (Wildman–Crippen MR) is 163 cm³/mol. The van der Waals surface area contributed by atoms with Crippen LogP contribution in [0.4, 0.5) is 18.9 Å². The van der Waals surface area contributed by atoms with E-state index in [1.807, 2.05) is 0 Å². The smallest absolute Gasteiger partial charge is 0.261 e. The summed E-state index contributed by atoms with van der Waals surface area (Å²) in [7, 11) is 2.12. The number of carbonyl (C=O) groups excluding carboxylic acids is 1. The largest absolute Gasteiger partial charge is 0.461 e. The van der Waals surface area contributed by atoms with E-state index >= 15 is 0 Å². The Labute approximate surface area is 267 Å². The molecule has 1 amide bonds. The zero-order valence-electron chi connectivity index (χ0n) is 25.7. The average Bonchev–Trinajstić information content (AvgIpc) is 3.73. The van der Waals surface area contributed by atoms with Crippen LogP contribution in [0, 0.1) is 5.92 Å². The molecule has 4 aromatic heterocycles. The Morgan fingerprint density at radius 2 is 1.98 bits per heavy atom. The zero-order valence-corrected chi connectivity index (χ0v) is 25.7. The van der Waals surface area contributed by atoms with Crippen molar-refractivity contribution in [3.8, 4) is 17.0 Å². The van der Waals surface area contributed by atoms with E-state index < -0.39 is 25.1 Å². The van der Waals surface area contributed by atoms with Crippen molar-refractivity contribution in [3.05, 3.63) is 66.0 Å². The van der Waals surface area contributed by atoms with E-state index in [1.54, 1.807) is 29.5 Å². The molecule has 5 aromatic rings. The van der Waals surface area contributed by atoms with Crippen LogP contribution in [0.1, 0.15) is 34.7 Å². The average molecular weight is 651 g/mol.